The predicted octanol–water partition coefficient (Wildman–Crippen LogP) is 13.5. The molecule has 0 N–H and O–H groups in total. The van der Waals surface area contributed by atoms with Gasteiger partial charge in [-0.1, -0.05) is 133 Å². The van der Waals surface area contributed by atoms with Gasteiger partial charge in [-0.05, 0) is 64.7 Å². The van der Waals surface area contributed by atoms with Gasteiger partial charge in [0, 0.05) is 54.5 Å². The number of aromatic nitrogens is 4. The minimum absolute atomic E-state index is 0.873. The smallest absolute Gasteiger partial charge is 0.0973 e. The van der Waals surface area contributed by atoms with E-state index < -0.39 is 0 Å². The van der Waals surface area contributed by atoms with Gasteiger partial charge in [0.1, 0.15) is 0 Å². The fourth-order valence-corrected chi connectivity index (χ4v) is 9.55. The Hall–Kier alpha value is -7.56. The molecule has 4 aromatic heterocycles. The maximum Gasteiger partial charge on any atom is 0.0973 e. The third kappa shape index (κ3) is 3.97. The van der Waals surface area contributed by atoms with Crippen molar-refractivity contribution < 1.29 is 0 Å². The SMILES string of the molecule is c1ccc2cc(-c3nc4ccccc4nc3-c3ccc(-n4c5cc6c7ccccc7n7c8ccccc8c(c5c5ccc8ccccc8c54)c67)cc3)ccc2c1. The summed E-state index contributed by atoms with van der Waals surface area (Å²) in [6, 6.07) is 65.8. The standard InChI is InChI=1S/C52H30N4/c1-2-13-34-29-35(22-21-31(34)11-1)50-49(53-42-17-7-8-18-43(42)54-50)33-23-26-36(27-24-33)55-46-30-41-38-15-5-9-19-44(38)56-45-20-10-6-16-39(45)48(52(41)56)47(46)40-28-25-32-12-3-4-14-37(32)51(40)55/h1-30H. The van der Waals surface area contributed by atoms with E-state index in [2.05, 4.69) is 167 Å². The molecule has 13 rings (SSSR count). The minimum Gasteiger partial charge on any atom is -0.309 e. The van der Waals surface area contributed by atoms with Gasteiger partial charge in [-0.2, -0.15) is 0 Å². The van der Waals surface area contributed by atoms with Crippen LogP contribution >= 0.6 is 0 Å². The molecule has 13 aromatic rings. The summed E-state index contributed by atoms with van der Waals surface area (Å²) in [7, 11) is 0. The van der Waals surface area contributed by atoms with Crippen LogP contribution in [0.3, 0.4) is 0 Å². The van der Waals surface area contributed by atoms with Crippen LogP contribution in [-0.2, 0) is 0 Å². The average Bonchev–Trinajstić information content (AvgIpc) is 3.90. The lowest BCUT2D eigenvalue weighted by molar-refractivity contribution is 1.19. The molecule has 0 aliphatic heterocycles. The van der Waals surface area contributed by atoms with E-state index in [1.165, 1.54) is 81.4 Å². The van der Waals surface area contributed by atoms with E-state index in [9.17, 15) is 0 Å². The first-order chi connectivity index (χ1) is 27.8. The summed E-state index contributed by atoms with van der Waals surface area (Å²) in [5.74, 6) is 0. The van der Waals surface area contributed by atoms with Crippen molar-refractivity contribution in [1.82, 2.24) is 18.9 Å². The Labute approximate surface area is 320 Å². The fraction of sp³-hybridized carbons (Fsp3) is 0. The van der Waals surface area contributed by atoms with Gasteiger partial charge in [0.25, 0.3) is 0 Å². The molecule has 0 unspecified atom stereocenters. The van der Waals surface area contributed by atoms with E-state index >= 15 is 0 Å². The number of nitrogens with zero attached hydrogens (tertiary/aromatic N) is 4. The van der Waals surface area contributed by atoms with E-state index in [1.54, 1.807) is 0 Å². The van der Waals surface area contributed by atoms with Gasteiger partial charge < -0.3 is 8.97 Å². The molecule has 0 bridgehead atoms. The van der Waals surface area contributed by atoms with Crippen molar-refractivity contribution >= 4 is 92.5 Å². The number of benzene rings is 9. The molecule has 0 saturated carbocycles. The molecule has 0 aliphatic rings. The molecule has 0 atom stereocenters. The molecule has 4 nitrogen and oxygen atoms in total. The molecule has 0 amide bonds. The third-order valence-corrected chi connectivity index (χ3v) is 12.0. The number of hydrogen-bond donors (Lipinski definition) is 0. The lowest BCUT2D eigenvalue weighted by Crippen LogP contribution is -1.97. The zero-order valence-corrected chi connectivity index (χ0v) is 30.1. The number of fused-ring (bicyclic) bond motifs is 14. The van der Waals surface area contributed by atoms with Crippen LogP contribution in [0.25, 0.3) is 121 Å². The fourth-order valence-electron chi connectivity index (χ4n) is 9.55. The lowest BCUT2D eigenvalue weighted by Gasteiger charge is -2.13. The molecule has 9 aromatic carbocycles. The van der Waals surface area contributed by atoms with Crippen molar-refractivity contribution in [3.8, 4) is 28.2 Å². The van der Waals surface area contributed by atoms with Crippen LogP contribution in [0.1, 0.15) is 0 Å². The number of para-hydroxylation sites is 4. The summed E-state index contributed by atoms with van der Waals surface area (Å²) in [6.07, 6.45) is 0. The first-order valence-corrected chi connectivity index (χ1v) is 19.2. The van der Waals surface area contributed by atoms with E-state index in [0.29, 0.717) is 0 Å². The Morgan fingerprint density at radius 2 is 0.929 bits per heavy atom. The van der Waals surface area contributed by atoms with Gasteiger partial charge >= 0.3 is 0 Å². The summed E-state index contributed by atoms with van der Waals surface area (Å²) in [6.45, 7) is 0. The van der Waals surface area contributed by atoms with Crippen LogP contribution in [0.2, 0.25) is 0 Å². The lowest BCUT2D eigenvalue weighted by atomic mass is 10.0. The molecule has 0 fully saturated rings. The first-order valence-electron chi connectivity index (χ1n) is 19.2. The van der Waals surface area contributed by atoms with E-state index in [1.807, 2.05) is 24.3 Å². The maximum atomic E-state index is 5.27. The summed E-state index contributed by atoms with van der Waals surface area (Å²) in [5, 5.41) is 12.5. The van der Waals surface area contributed by atoms with Crippen LogP contribution in [0.5, 0.6) is 0 Å². The van der Waals surface area contributed by atoms with Gasteiger partial charge in [0.05, 0.1) is 50.0 Å². The van der Waals surface area contributed by atoms with Crippen LogP contribution in [0.4, 0.5) is 0 Å². The molecular formula is C52H30N4. The first kappa shape index (κ1) is 29.8. The Balaban J connectivity index is 1.11. The molecular weight excluding hydrogens is 681 g/mol. The van der Waals surface area contributed by atoms with Crippen LogP contribution < -0.4 is 0 Å². The second kappa shape index (κ2) is 11.0. The largest absolute Gasteiger partial charge is 0.309 e. The Morgan fingerprint density at radius 1 is 0.339 bits per heavy atom. The molecule has 0 spiro atoms. The van der Waals surface area contributed by atoms with Crippen molar-refractivity contribution in [1.29, 1.82) is 0 Å². The van der Waals surface area contributed by atoms with Crippen LogP contribution in [0.15, 0.2) is 182 Å². The second-order valence-corrected chi connectivity index (χ2v) is 14.9. The average molecular weight is 711 g/mol. The quantitative estimate of drug-likeness (QED) is 0.183. The van der Waals surface area contributed by atoms with E-state index in [4.69, 9.17) is 9.97 Å². The topological polar surface area (TPSA) is 35.1 Å². The Morgan fingerprint density at radius 3 is 1.71 bits per heavy atom. The molecule has 258 valence electrons. The molecule has 56 heavy (non-hydrogen) atoms. The summed E-state index contributed by atoms with van der Waals surface area (Å²) < 4.78 is 4.97. The molecule has 4 heteroatoms. The van der Waals surface area contributed by atoms with Crippen molar-refractivity contribution in [3.05, 3.63) is 182 Å². The predicted molar refractivity (Wildman–Crippen MR) is 234 cm³/mol. The number of rotatable bonds is 3. The van der Waals surface area contributed by atoms with Crippen molar-refractivity contribution in [2.75, 3.05) is 0 Å². The van der Waals surface area contributed by atoms with Gasteiger partial charge in [-0.15, -0.1) is 0 Å². The third-order valence-electron chi connectivity index (χ3n) is 12.0. The van der Waals surface area contributed by atoms with Crippen molar-refractivity contribution in [3.63, 3.8) is 0 Å². The van der Waals surface area contributed by atoms with Crippen molar-refractivity contribution in [2.45, 2.75) is 0 Å². The summed E-state index contributed by atoms with van der Waals surface area (Å²) in [5.41, 5.74) is 12.9. The second-order valence-electron chi connectivity index (χ2n) is 14.9. The Bertz CT molecular complexity index is 3760. The van der Waals surface area contributed by atoms with Crippen LogP contribution in [-0.4, -0.2) is 18.9 Å². The van der Waals surface area contributed by atoms with E-state index in [0.717, 1.165) is 39.2 Å². The molecule has 0 radical (unpaired) electrons. The van der Waals surface area contributed by atoms with Gasteiger partial charge in [-0.25, -0.2) is 9.97 Å². The normalized spacial score (nSPS) is 12.3. The van der Waals surface area contributed by atoms with Crippen LogP contribution in [0, 0.1) is 0 Å². The van der Waals surface area contributed by atoms with Crippen molar-refractivity contribution in [2.24, 2.45) is 0 Å². The highest BCUT2D eigenvalue weighted by Crippen LogP contribution is 2.48. The van der Waals surface area contributed by atoms with Gasteiger partial charge in [-0.3, -0.25) is 0 Å². The summed E-state index contributed by atoms with van der Waals surface area (Å²) in [4.78, 5) is 10.5. The Kier molecular flexibility index (Phi) is 5.86. The van der Waals surface area contributed by atoms with Gasteiger partial charge in [0.15, 0.2) is 0 Å². The maximum absolute atomic E-state index is 5.27. The monoisotopic (exact) mass is 710 g/mol. The molecule has 0 saturated heterocycles. The zero-order chi connectivity index (χ0) is 36.5. The highest BCUT2D eigenvalue weighted by atomic mass is 15.0. The van der Waals surface area contributed by atoms with E-state index in [-0.39, 0.29) is 0 Å². The minimum atomic E-state index is 0.873. The van der Waals surface area contributed by atoms with Gasteiger partial charge in [0.2, 0.25) is 0 Å². The summed E-state index contributed by atoms with van der Waals surface area (Å²) >= 11 is 0. The number of hydrogen-bond acceptors (Lipinski definition) is 2. The molecule has 0 aliphatic carbocycles. The highest BCUT2D eigenvalue weighted by Gasteiger charge is 2.25. The highest BCUT2D eigenvalue weighted by molar-refractivity contribution is 6.37. The molecule has 4 heterocycles. The zero-order valence-electron chi connectivity index (χ0n) is 30.1.